The highest BCUT2D eigenvalue weighted by atomic mass is 35.5. The molecule has 0 aliphatic carbocycles. The van der Waals surface area contributed by atoms with E-state index in [4.69, 9.17) is 20.8 Å². The van der Waals surface area contributed by atoms with Crippen LogP contribution in [0.15, 0.2) is 34.7 Å². The van der Waals surface area contributed by atoms with Gasteiger partial charge in [0.15, 0.2) is 0 Å². The molecule has 122 valence electrons. The SMILES string of the molecule is Cc1oc(-c2ccccc2Cl)cc1C(=O)N1C[C@@H](C)O[C@H](C)C1. The van der Waals surface area contributed by atoms with Crippen molar-refractivity contribution in [1.82, 2.24) is 4.90 Å². The molecule has 1 saturated heterocycles. The second kappa shape index (κ2) is 6.38. The maximum Gasteiger partial charge on any atom is 0.257 e. The monoisotopic (exact) mass is 333 g/mol. The highest BCUT2D eigenvalue weighted by molar-refractivity contribution is 6.33. The molecule has 23 heavy (non-hydrogen) atoms. The van der Waals surface area contributed by atoms with Crippen LogP contribution in [0.25, 0.3) is 11.3 Å². The van der Waals surface area contributed by atoms with Crippen molar-refractivity contribution >= 4 is 17.5 Å². The number of ether oxygens (including phenoxy) is 1. The molecule has 1 aromatic heterocycles. The van der Waals surface area contributed by atoms with Crippen LogP contribution >= 0.6 is 11.6 Å². The third-order valence-corrected chi connectivity index (χ3v) is 4.32. The summed E-state index contributed by atoms with van der Waals surface area (Å²) in [6.07, 6.45) is 0.0795. The fourth-order valence-electron chi connectivity index (χ4n) is 3.00. The summed E-state index contributed by atoms with van der Waals surface area (Å²) in [4.78, 5) is 14.6. The number of rotatable bonds is 2. The number of carbonyl (C=O) groups is 1. The number of furan rings is 1. The molecule has 1 fully saturated rings. The van der Waals surface area contributed by atoms with Crippen molar-refractivity contribution in [3.05, 3.63) is 46.7 Å². The minimum atomic E-state index is -0.0217. The van der Waals surface area contributed by atoms with Gasteiger partial charge in [0.1, 0.15) is 11.5 Å². The molecule has 1 aliphatic heterocycles. The highest BCUT2D eigenvalue weighted by Gasteiger charge is 2.29. The first-order valence-corrected chi connectivity index (χ1v) is 8.13. The third-order valence-electron chi connectivity index (χ3n) is 3.99. The molecule has 0 saturated carbocycles. The lowest BCUT2D eigenvalue weighted by Crippen LogP contribution is -2.48. The first-order valence-electron chi connectivity index (χ1n) is 7.75. The summed E-state index contributed by atoms with van der Waals surface area (Å²) in [5, 5.41) is 0.605. The van der Waals surface area contributed by atoms with E-state index in [0.29, 0.717) is 35.2 Å². The Balaban J connectivity index is 1.89. The number of morpholine rings is 1. The number of nitrogens with zero attached hydrogens (tertiary/aromatic N) is 1. The van der Waals surface area contributed by atoms with Gasteiger partial charge >= 0.3 is 0 Å². The van der Waals surface area contributed by atoms with Gasteiger partial charge in [-0.3, -0.25) is 4.79 Å². The Kier molecular flexibility index (Phi) is 4.46. The molecule has 0 spiro atoms. The van der Waals surface area contributed by atoms with Gasteiger partial charge in [-0.2, -0.15) is 0 Å². The molecular formula is C18H20ClNO3. The van der Waals surface area contributed by atoms with Crippen molar-refractivity contribution in [3.8, 4) is 11.3 Å². The minimum Gasteiger partial charge on any atom is -0.460 e. The first-order chi connectivity index (χ1) is 11.0. The lowest BCUT2D eigenvalue weighted by atomic mass is 10.1. The molecule has 5 heteroatoms. The molecule has 2 aromatic rings. The highest BCUT2D eigenvalue weighted by Crippen LogP contribution is 2.31. The normalized spacial score (nSPS) is 21.5. The fourth-order valence-corrected chi connectivity index (χ4v) is 3.23. The van der Waals surface area contributed by atoms with Gasteiger partial charge in [-0.15, -0.1) is 0 Å². The van der Waals surface area contributed by atoms with Crippen LogP contribution in [0.2, 0.25) is 5.02 Å². The summed E-state index contributed by atoms with van der Waals surface area (Å²) >= 11 is 6.21. The summed E-state index contributed by atoms with van der Waals surface area (Å²) in [7, 11) is 0. The number of carbonyl (C=O) groups excluding carboxylic acids is 1. The molecule has 4 nitrogen and oxygen atoms in total. The quantitative estimate of drug-likeness (QED) is 0.828. The molecule has 2 heterocycles. The van der Waals surface area contributed by atoms with Crippen molar-refractivity contribution < 1.29 is 13.9 Å². The molecule has 1 aromatic carbocycles. The second-order valence-electron chi connectivity index (χ2n) is 6.03. The lowest BCUT2D eigenvalue weighted by Gasteiger charge is -2.35. The van der Waals surface area contributed by atoms with Crippen LogP contribution in [0, 0.1) is 6.92 Å². The number of hydrogen-bond acceptors (Lipinski definition) is 3. The van der Waals surface area contributed by atoms with Gasteiger partial charge in [0.25, 0.3) is 5.91 Å². The van der Waals surface area contributed by atoms with Crippen LogP contribution in [-0.4, -0.2) is 36.1 Å². The Morgan fingerprint density at radius 2 is 1.87 bits per heavy atom. The summed E-state index contributed by atoms with van der Waals surface area (Å²) in [5.41, 5.74) is 1.38. The average molecular weight is 334 g/mol. The van der Waals surface area contributed by atoms with Crippen LogP contribution in [0.4, 0.5) is 0 Å². The molecule has 0 unspecified atom stereocenters. The molecule has 3 rings (SSSR count). The number of hydrogen-bond donors (Lipinski definition) is 0. The number of benzene rings is 1. The van der Waals surface area contributed by atoms with Gasteiger partial charge in [0.2, 0.25) is 0 Å². The Morgan fingerprint density at radius 1 is 1.22 bits per heavy atom. The minimum absolute atomic E-state index is 0.0217. The summed E-state index contributed by atoms with van der Waals surface area (Å²) < 4.78 is 11.5. The van der Waals surface area contributed by atoms with Crippen LogP contribution < -0.4 is 0 Å². The number of amides is 1. The van der Waals surface area contributed by atoms with Crippen LogP contribution in [-0.2, 0) is 4.74 Å². The Labute approximate surface area is 141 Å². The lowest BCUT2D eigenvalue weighted by molar-refractivity contribution is -0.0586. The van der Waals surface area contributed by atoms with E-state index in [0.717, 1.165) is 5.56 Å². The van der Waals surface area contributed by atoms with Crippen molar-refractivity contribution in [2.45, 2.75) is 33.0 Å². The van der Waals surface area contributed by atoms with Gasteiger partial charge < -0.3 is 14.1 Å². The Hall–Kier alpha value is -1.78. The van der Waals surface area contributed by atoms with E-state index in [-0.39, 0.29) is 18.1 Å². The zero-order valence-corrected chi connectivity index (χ0v) is 14.3. The summed E-state index contributed by atoms with van der Waals surface area (Å²) in [5.74, 6) is 1.20. The maximum absolute atomic E-state index is 12.8. The molecule has 0 N–H and O–H groups in total. The maximum atomic E-state index is 12.8. The predicted octanol–water partition coefficient (Wildman–Crippen LogP) is 4.16. The van der Waals surface area contributed by atoms with Crippen molar-refractivity contribution in [2.24, 2.45) is 0 Å². The summed E-state index contributed by atoms with van der Waals surface area (Å²) in [6.45, 7) is 6.95. The van der Waals surface area contributed by atoms with E-state index < -0.39 is 0 Å². The molecular weight excluding hydrogens is 314 g/mol. The fraction of sp³-hybridized carbons (Fsp3) is 0.389. The molecule has 1 amide bonds. The molecule has 0 radical (unpaired) electrons. The first kappa shape index (κ1) is 16.1. The van der Waals surface area contributed by atoms with Crippen LogP contribution in [0.5, 0.6) is 0 Å². The van der Waals surface area contributed by atoms with Gasteiger partial charge in [-0.05, 0) is 39.0 Å². The largest absolute Gasteiger partial charge is 0.460 e. The van der Waals surface area contributed by atoms with E-state index in [1.54, 1.807) is 13.0 Å². The number of aryl methyl sites for hydroxylation is 1. The number of halogens is 1. The van der Waals surface area contributed by atoms with Crippen molar-refractivity contribution in [2.75, 3.05) is 13.1 Å². The molecule has 1 aliphatic rings. The molecule has 2 atom stereocenters. The van der Waals surface area contributed by atoms with Gasteiger partial charge in [-0.25, -0.2) is 0 Å². The topological polar surface area (TPSA) is 42.7 Å². The average Bonchev–Trinajstić information content (AvgIpc) is 2.87. The van der Waals surface area contributed by atoms with E-state index in [1.165, 1.54) is 0 Å². The van der Waals surface area contributed by atoms with Gasteiger partial charge in [-0.1, -0.05) is 23.7 Å². The van der Waals surface area contributed by atoms with Gasteiger partial charge in [0.05, 0.1) is 22.8 Å². The van der Waals surface area contributed by atoms with Crippen molar-refractivity contribution in [1.29, 1.82) is 0 Å². The van der Waals surface area contributed by atoms with Crippen molar-refractivity contribution in [3.63, 3.8) is 0 Å². The second-order valence-corrected chi connectivity index (χ2v) is 6.44. The third kappa shape index (κ3) is 3.28. The van der Waals surface area contributed by atoms with Crippen LogP contribution in [0.1, 0.15) is 30.0 Å². The zero-order chi connectivity index (χ0) is 16.6. The Morgan fingerprint density at radius 3 is 2.52 bits per heavy atom. The van der Waals surface area contributed by atoms with E-state index in [1.807, 2.05) is 43.0 Å². The van der Waals surface area contributed by atoms with E-state index in [9.17, 15) is 4.79 Å². The molecule has 0 bridgehead atoms. The smallest absolute Gasteiger partial charge is 0.257 e. The zero-order valence-electron chi connectivity index (χ0n) is 13.5. The predicted molar refractivity (Wildman–Crippen MR) is 89.8 cm³/mol. The standard InChI is InChI=1S/C18H20ClNO3/c1-11-9-20(10-12(2)22-11)18(21)15-8-17(23-13(15)3)14-6-4-5-7-16(14)19/h4-8,11-12H,9-10H2,1-3H3/t11-,12-/m1/s1. The summed E-state index contributed by atoms with van der Waals surface area (Å²) in [6, 6.07) is 9.23. The van der Waals surface area contributed by atoms with Crippen LogP contribution in [0.3, 0.4) is 0 Å². The van der Waals surface area contributed by atoms with E-state index >= 15 is 0 Å². The Bertz CT molecular complexity index is 715. The van der Waals surface area contributed by atoms with E-state index in [2.05, 4.69) is 0 Å². The van der Waals surface area contributed by atoms with Gasteiger partial charge in [0, 0.05) is 18.7 Å².